The van der Waals surface area contributed by atoms with Crippen LogP contribution in [0.1, 0.15) is 23.7 Å². The van der Waals surface area contributed by atoms with Crippen molar-refractivity contribution >= 4 is 46.1 Å². The summed E-state index contributed by atoms with van der Waals surface area (Å²) >= 11 is 7.83. The molecule has 1 aromatic carbocycles. The van der Waals surface area contributed by atoms with Crippen molar-refractivity contribution < 1.29 is 14.7 Å². The largest absolute Gasteiger partial charge is 0.481 e. The number of carbonyl (C=O) groups is 2. The highest BCUT2D eigenvalue weighted by atomic mass is 127. The van der Waals surface area contributed by atoms with Gasteiger partial charge in [0.05, 0.1) is 12.0 Å². The standard InChI is InChI=1S/C11H11ClINO3/c1-6(4-10(15)16)14-11(17)8-5-7(12)2-3-9(8)13/h2-3,5-6H,4H2,1H3,(H,14,17)(H,15,16). The Balaban J connectivity index is 2.76. The first kappa shape index (κ1) is 14.2. The quantitative estimate of drug-likeness (QED) is 0.804. The molecule has 0 saturated carbocycles. The fourth-order valence-corrected chi connectivity index (χ4v) is 2.04. The summed E-state index contributed by atoms with van der Waals surface area (Å²) in [5.74, 6) is -1.26. The Kier molecular flexibility index (Phi) is 5.20. The van der Waals surface area contributed by atoms with Gasteiger partial charge in [-0.25, -0.2) is 0 Å². The molecular formula is C11H11ClINO3. The Hall–Kier alpha value is -0.820. The van der Waals surface area contributed by atoms with Gasteiger partial charge in [0, 0.05) is 14.6 Å². The van der Waals surface area contributed by atoms with E-state index in [2.05, 4.69) is 5.32 Å². The van der Waals surface area contributed by atoms with E-state index in [1.54, 1.807) is 25.1 Å². The van der Waals surface area contributed by atoms with Crippen LogP contribution in [0.5, 0.6) is 0 Å². The predicted octanol–water partition coefficient (Wildman–Crippen LogP) is 2.54. The molecule has 17 heavy (non-hydrogen) atoms. The molecule has 6 heteroatoms. The van der Waals surface area contributed by atoms with Gasteiger partial charge < -0.3 is 10.4 Å². The van der Waals surface area contributed by atoms with Gasteiger partial charge in [-0.2, -0.15) is 0 Å². The normalized spacial score (nSPS) is 11.9. The Morgan fingerprint density at radius 1 is 1.53 bits per heavy atom. The van der Waals surface area contributed by atoms with Crippen molar-refractivity contribution in [3.05, 3.63) is 32.4 Å². The molecule has 2 N–H and O–H groups in total. The SMILES string of the molecule is CC(CC(=O)O)NC(=O)c1cc(Cl)ccc1I. The molecule has 0 fully saturated rings. The summed E-state index contributed by atoms with van der Waals surface area (Å²) in [4.78, 5) is 22.3. The van der Waals surface area contributed by atoms with Crippen LogP contribution in [0.3, 0.4) is 0 Å². The Bertz CT molecular complexity index is 450. The van der Waals surface area contributed by atoms with Crippen LogP contribution in [-0.4, -0.2) is 23.0 Å². The van der Waals surface area contributed by atoms with E-state index in [9.17, 15) is 9.59 Å². The van der Waals surface area contributed by atoms with Gasteiger partial charge in [0.15, 0.2) is 0 Å². The topological polar surface area (TPSA) is 66.4 Å². The molecule has 0 aromatic heterocycles. The summed E-state index contributed by atoms with van der Waals surface area (Å²) in [6.45, 7) is 1.64. The first-order chi connectivity index (χ1) is 7.90. The second-order valence-corrected chi connectivity index (χ2v) is 5.20. The zero-order valence-electron chi connectivity index (χ0n) is 9.04. The summed E-state index contributed by atoms with van der Waals surface area (Å²) in [5, 5.41) is 11.7. The number of carbonyl (C=O) groups excluding carboxylic acids is 1. The van der Waals surface area contributed by atoms with E-state index in [4.69, 9.17) is 16.7 Å². The van der Waals surface area contributed by atoms with Gasteiger partial charge in [0.25, 0.3) is 5.91 Å². The molecule has 1 aromatic rings. The third kappa shape index (κ3) is 4.51. The molecule has 0 aliphatic carbocycles. The van der Waals surface area contributed by atoms with Crippen LogP contribution in [0, 0.1) is 3.57 Å². The van der Waals surface area contributed by atoms with Crippen LogP contribution >= 0.6 is 34.2 Å². The monoisotopic (exact) mass is 367 g/mol. The molecule has 0 aliphatic heterocycles. The van der Waals surface area contributed by atoms with E-state index in [1.165, 1.54) is 0 Å². The van der Waals surface area contributed by atoms with Crippen LogP contribution in [0.15, 0.2) is 18.2 Å². The fraction of sp³-hybridized carbons (Fsp3) is 0.273. The maximum absolute atomic E-state index is 11.8. The summed E-state index contributed by atoms with van der Waals surface area (Å²) in [6.07, 6.45) is -0.108. The van der Waals surface area contributed by atoms with E-state index in [-0.39, 0.29) is 12.3 Å². The van der Waals surface area contributed by atoms with Gasteiger partial charge in [0.1, 0.15) is 0 Å². The van der Waals surface area contributed by atoms with Crippen molar-refractivity contribution in [1.29, 1.82) is 0 Å². The maximum Gasteiger partial charge on any atom is 0.305 e. The maximum atomic E-state index is 11.8. The van der Waals surface area contributed by atoms with Gasteiger partial charge >= 0.3 is 5.97 Å². The van der Waals surface area contributed by atoms with Crippen LogP contribution in [0.4, 0.5) is 0 Å². The Morgan fingerprint density at radius 2 is 2.18 bits per heavy atom. The van der Waals surface area contributed by atoms with Crippen LogP contribution in [0.25, 0.3) is 0 Å². The van der Waals surface area contributed by atoms with E-state index >= 15 is 0 Å². The molecule has 0 spiro atoms. The third-order valence-corrected chi connectivity index (χ3v) is 3.21. The first-order valence-electron chi connectivity index (χ1n) is 4.88. The molecule has 4 nitrogen and oxygen atoms in total. The number of rotatable bonds is 4. The molecular weight excluding hydrogens is 356 g/mol. The number of nitrogens with one attached hydrogen (secondary N) is 1. The molecule has 1 rings (SSSR count). The highest BCUT2D eigenvalue weighted by molar-refractivity contribution is 14.1. The molecule has 92 valence electrons. The number of hydrogen-bond acceptors (Lipinski definition) is 2. The Morgan fingerprint density at radius 3 is 2.76 bits per heavy atom. The third-order valence-electron chi connectivity index (χ3n) is 2.03. The Labute approximate surface area is 117 Å². The molecule has 0 aliphatic rings. The number of carboxylic acids is 1. The number of carboxylic acid groups (broad SMARTS) is 1. The molecule has 0 heterocycles. The van der Waals surface area contributed by atoms with Crippen LogP contribution in [-0.2, 0) is 4.79 Å². The minimum absolute atomic E-state index is 0.108. The molecule has 0 radical (unpaired) electrons. The van der Waals surface area contributed by atoms with Gasteiger partial charge in [0.2, 0.25) is 0 Å². The number of hydrogen-bond donors (Lipinski definition) is 2. The average Bonchev–Trinajstić information content (AvgIpc) is 2.20. The lowest BCUT2D eigenvalue weighted by atomic mass is 10.2. The van der Waals surface area contributed by atoms with Gasteiger partial charge in [-0.3, -0.25) is 9.59 Å². The highest BCUT2D eigenvalue weighted by Crippen LogP contribution is 2.18. The lowest BCUT2D eigenvalue weighted by Crippen LogP contribution is -2.34. The van der Waals surface area contributed by atoms with E-state index in [0.29, 0.717) is 10.6 Å². The fourth-order valence-electron chi connectivity index (χ4n) is 1.29. The molecule has 1 unspecified atom stereocenters. The zero-order chi connectivity index (χ0) is 13.0. The number of amides is 1. The van der Waals surface area contributed by atoms with E-state index < -0.39 is 12.0 Å². The number of aliphatic carboxylic acids is 1. The van der Waals surface area contributed by atoms with E-state index in [1.807, 2.05) is 22.6 Å². The van der Waals surface area contributed by atoms with Crippen LogP contribution < -0.4 is 5.32 Å². The second kappa shape index (κ2) is 6.20. The molecule has 1 amide bonds. The number of benzene rings is 1. The molecule has 1 atom stereocenters. The first-order valence-corrected chi connectivity index (χ1v) is 6.33. The smallest absolute Gasteiger partial charge is 0.305 e. The lowest BCUT2D eigenvalue weighted by molar-refractivity contribution is -0.137. The van der Waals surface area contributed by atoms with Crippen molar-refractivity contribution in [2.75, 3.05) is 0 Å². The second-order valence-electron chi connectivity index (χ2n) is 3.60. The minimum atomic E-state index is -0.946. The van der Waals surface area contributed by atoms with Crippen molar-refractivity contribution in [1.82, 2.24) is 5.32 Å². The summed E-state index contributed by atoms with van der Waals surface area (Å²) in [5.41, 5.74) is 0.454. The zero-order valence-corrected chi connectivity index (χ0v) is 11.9. The highest BCUT2D eigenvalue weighted by Gasteiger charge is 2.15. The predicted molar refractivity (Wildman–Crippen MR) is 73.4 cm³/mol. The minimum Gasteiger partial charge on any atom is -0.481 e. The average molecular weight is 368 g/mol. The lowest BCUT2D eigenvalue weighted by Gasteiger charge is -2.12. The number of halogens is 2. The summed E-state index contributed by atoms with van der Waals surface area (Å²) < 4.78 is 0.770. The van der Waals surface area contributed by atoms with Crippen molar-refractivity contribution in [2.45, 2.75) is 19.4 Å². The molecule has 0 bridgehead atoms. The molecule has 0 saturated heterocycles. The van der Waals surface area contributed by atoms with Crippen molar-refractivity contribution in [3.63, 3.8) is 0 Å². The van der Waals surface area contributed by atoms with Crippen LogP contribution in [0.2, 0.25) is 5.02 Å². The van der Waals surface area contributed by atoms with Crippen molar-refractivity contribution in [3.8, 4) is 0 Å². The summed E-state index contributed by atoms with van der Waals surface area (Å²) in [6, 6.07) is 4.57. The van der Waals surface area contributed by atoms with Gasteiger partial charge in [-0.05, 0) is 47.7 Å². The van der Waals surface area contributed by atoms with E-state index in [0.717, 1.165) is 3.57 Å². The van der Waals surface area contributed by atoms with Gasteiger partial charge in [-0.1, -0.05) is 11.6 Å². The van der Waals surface area contributed by atoms with Gasteiger partial charge in [-0.15, -0.1) is 0 Å². The van der Waals surface area contributed by atoms with Crippen molar-refractivity contribution in [2.24, 2.45) is 0 Å². The summed E-state index contributed by atoms with van der Waals surface area (Å²) in [7, 11) is 0.